The summed E-state index contributed by atoms with van der Waals surface area (Å²) in [5, 5.41) is 2.69. The predicted molar refractivity (Wildman–Crippen MR) is 78.3 cm³/mol. The summed E-state index contributed by atoms with van der Waals surface area (Å²) in [6.07, 6.45) is 6.32. The Morgan fingerprint density at radius 3 is 2.67 bits per heavy atom. The molecule has 0 unspecified atom stereocenters. The average molecular weight is 287 g/mol. The van der Waals surface area contributed by atoms with Crippen LogP contribution < -0.4 is 5.32 Å². The van der Waals surface area contributed by atoms with Crippen LogP contribution in [0.4, 0.5) is 10.5 Å². The molecule has 1 N–H and O–H groups in total. The Labute approximate surface area is 122 Å². The number of unbranched alkanes of at least 4 members (excludes halogenated alkanes) is 1. The maximum absolute atomic E-state index is 11.8. The molecule has 0 radical (unpaired) electrons. The lowest BCUT2D eigenvalue weighted by Gasteiger charge is -2.07. The van der Waals surface area contributed by atoms with Gasteiger partial charge < -0.3 is 10.1 Å². The van der Waals surface area contributed by atoms with Crippen LogP contribution in [0.3, 0.4) is 0 Å². The zero-order chi connectivity index (χ0) is 15.1. The number of ether oxygens (including phenoxy) is 1. The van der Waals surface area contributed by atoms with E-state index in [1.54, 1.807) is 30.5 Å². The number of nitrogens with zero attached hydrogens (tertiary/aromatic N) is 2. The molecule has 0 aliphatic carbocycles. The summed E-state index contributed by atoms with van der Waals surface area (Å²) in [4.78, 5) is 27.3. The zero-order valence-corrected chi connectivity index (χ0v) is 11.8. The molecule has 21 heavy (non-hydrogen) atoms. The monoisotopic (exact) mass is 287 g/mol. The summed E-state index contributed by atoms with van der Waals surface area (Å²) in [5.74, 6) is -0.351. The molecule has 0 spiro atoms. The number of nitrogens with one attached hydrogen (secondary N) is 1. The fourth-order valence-corrected chi connectivity index (χ4v) is 1.65. The van der Waals surface area contributed by atoms with Crippen molar-refractivity contribution in [3.63, 3.8) is 0 Å². The lowest BCUT2D eigenvalue weighted by atomic mass is 10.2. The van der Waals surface area contributed by atoms with Crippen LogP contribution in [0.5, 0.6) is 0 Å². The number of rotatable bonds is 5. The summed E-state index contributed by atoms with van der Waals surface area (Å²) < 4.78 is 6.44. The molecular formula is C15H17N3O3. The fourth-order valence-electron chi connectivity index (χ4n) is 1.65. The molecular weight excluding hydrogens is 270 g/mol. The lowest BCUT2D eigenvalue weighted by molar-refractivity contribution is 0.0500. The van der Waals surface area contributed by atoms with Gasteiger partial charge in [0.15, 0.2) is 0 Å². The second-order valence-corrected chi connectivity index (χ2v) is 4.47. The van der Waals surface area contributed by atoms with E-state index in [-0.39, 0.29) is 12.0 Å². The first-order chi connectivity index (χ1) is 10.2. The van der Waals surface area contributed by atoms with Gasteiger partial charge in [-0.1, -0.05) is 13.3 Å². The number of carbonyl (C=O) groups excluding carboxylic acids is 2. The first kappa shape index (κ1) is 14.8. The highest BCUT2D eigenvalue weighted by Crippen LogP contribution is 2.11. The van der Waals surface area contributed by atoms with Gasteiger partial charge in [0.05, 0.1) is 12.2 Å². The molecule has 110 valence electrons. The molecule has 1 heterocycles. The molecule has 1 amide bonds. The Kier molecular flexibility index (Phi) is 5.09. The zero-order valence-electron chi connectivity index (χ0n) is 11.8. The van der Waals surface area contributed by atoms with E-state index in [2.05, 4.69) is 10.3 Å². The van der Waals surface area contributed by atoms with Crippen molar-refractivity contribution in [3.05, 3.63) is 48.5 Å². The van der Waals surface area contributed by atoms with Crippen LogP contribution in [0, 0.1) is 0 Å². The normalized spacial score (nSPS) is 10.1. The van der Waals surface area contributed by atoms with Crippen molar-refractivity contribution in [3.8, 4) is 0 Å². The molecule has 0 fully saturated rings. The van der Waals surface area contributed by atoms with Gasteiger partial charge in [-0.3, -0.25) is 4.57 Å². The van der Waals surface area contributed by atoms with Gasteiger partial charge >= 0.3 is 12.0 Å². The van der Waals surface area contributed by atoms with Crippen molar-refractivity contribution in [1.82, 2.24) is 9.55 Å². The number of hydrogen-bond acceptors (Lipinski definition) is 4. The van der Waals surface area contributed by atoms with Gasteiger partial charge in [-0.25, -0.2) is 14.6 Å². The second-order valence-electron chi connectivity index (χ2n) is 4.47. The van der Waals surface area contributed by atoms with Crippen molar-refractivity contribution in [1.29, 1.82) is 0 Å². The highest BCUT2D eigenvalue weighted by atomic mass is 16.5. The first-order valence-electron chi connectivity index (χ1n) is 6.77. The van der Waals surface area contributed by atoms with Crippen LogP contribution in [0.1, 0.15) is 30.1 Å². The van der Waals surface area contributed by atoms with Crippen LogP contribution in [-0.2, 0) is 4.74 Å². The number of amides is 1. The molecule has 0 bridgehead atoms. The Bertz CT molecular complexity index is 591. The second kappa shape index (κ2) is 7.23. The molecule has 0 aliphatic heterocycles. The fraction of sp³-hybridized carbons (Fsp3) is 0.267. The van der Waals surface area contributed by atoms with Gasteiger partial charge in [0.1, 0.15) is 6.33 Å². The quantitative estimate of drug-likeness (QED) is 0.678. The minimum Gasteiger partial charge on any atom is -0.462 e. The highest BCUT2D eigenvalue weighted by molar-refractivity contribution is 5.93. The molecule has 0 atom stereocenters. The number of anilines is 1. The van der Waals surface area contributed by atoms with E-state index >= 15 is 0 Å². The predicted octanol–water partition coefficient (Wildman–Crippen LogP) is 2.92. The van der Waals surface area contributed by atoms with Gasteiger partial charge in [-0.15, -0.1) is 0 Å². The van der Waals surface area contributed by atoms with Gasteiger partial charge in [0, 0.05) is 18.1 Å². The highest BCUT2D eigenvalue weighted by Gasteiger charge is 2.08. The number of esters is 1. The van der Waals surface area contributed by atoms with Gasteiger partial charge in [-0.2, -0.15) is 0 Å². The molecule has 1 aromatic heterocycles. The standard InChI is InChI=1S/C15H17N3O3/c1-2-3-10-21-14(19)12-4-6-13(7-5-12)17-15(20)18-9-8-16-11-18/h4-9,11H,2-3,10H2,1H3,(H,17,20). The van der Waals surface area contributed by atoms with Crippen LogP contribution >= 0.6 is 0 Å². The summed E-state index contributed by atoms with van der Waals surface area (Å²) >= 11 is 0. The van der Waals surface area contributed by atoms with Crippen molar-refractivity contribution < 1.29 is 14.3 Å². The number of imidazole rings is 1. The Morgan fingerprint density at radius 1 is 1.29 bits per heavy atom. The Balaban J connectivity index is 1.92. The Hall–Kier alpha value is -2.63. The van der Waals surface area contributed by atoms with E-state index in [9.17, 15) is 9.59 Å². The minimum atomic E-state index is -0.351. The van der Waals surface area contributed by atoms with E-state index in [4.69, 9.17) is 4.74 Å². The van der Waals surface area contributed by atoms with E-state index < -0.39 is 0 Å². The number of benzene rings is 1. The Morgan fingerprint density at radius 2 is 2.05 bits per heavy atom. The van der Waals surface area contributed by atoms with E-state index in [1.807, 2.05) is 6.92 Å². The van der Waals surface area contributed by atoms with Crippen LogP contribution in [0.25, 0.3) is 0 Å². The summed E-state index contributed by atoms with van der Waals surface area (Å²) in [6.45, 7) is 2.46. The van der Waals surface area contributed by atoms with Crippen LogP contribution in [0.2, 0.25) is 0 Å². The smallest absolute Gasteiger partial charge is 0.338 e. The van der Waals surface area contributed by atoms with Crippen molar-refractivity contribution in [2.45, 2.75) is 19.8 Å². The largest absolute Gasteiger partial charge is 0.462 e. The van der Waals surface area contributed by atoms with E-state index in [0.29, 0.717) is 17.9 Å². The van der Waals surface area contributed by atoms with Crippen LogP contribution in [0.15, 0.2) is 43.0 Å². The topological polar surface area (TPSA) is 73.2 Å². The third-order valence-corrected chi connectivity index (χ3v) is 2.84. The van der Waals surface area contributed by atoms with Gasteiger partial charge in [-0.05, 0) is 30.7 Å². The molecule has 2 aromatic rings. The third kappa shape index (κ3) is 4.17. The number of hydrogen-bond donors (Lipinski definition) is 1. The van der Waals surface area contributed by atoms with E-state index in [1.165, 1.54) is 17.1 Å². The number of carbonyl (C=O) groups is 2. The SMILES string of the molecule is CCCCOC(=O)c1ccc(NC(=O)n2ccnc2)cc1. The van der Waals surface area contributed by atoms with Crippen molar-refractivity contribution in [2.24, 2.45) is 0 Å². The molecule has 0 saturated carbocycles. The lowest BCUT2D eigenvalue weighted by Crippen LogP contribution is -2.17. The number of aromatic nitrogens is 2. The average Bonchev–Trinajstić information content (AvgIpc) is 3.02. The summed E-state index contributed by atoms with van der Waals surface area (Å²) in [7, 11) is 0. The molecule has 1 aromatic carbocycles. The van der Waals surface area contributed by atoms with Crippen molar-refractivity contribution >= 4 is 17.7 Å². The summed E-state index contributed by atoms with van der Waals surface area (Å²) in [5.41, 5.74) is 1.06. The molecule has 6 nitrogen and oxygen atoms in total. The molecule has 0 aliphatic rings. The maximum Gasteiger partial charge on any atom is 0.338 e. The minimum absolute atomic E-state index is 0.314. The summed E-state index contributed by atoms with van der Waals surface area (Å²) in [6, 6.07) is 6.25. The van der Waals surface area contributed by atoms with Gasteiger partial charge in [0.25, 0.3) is 0 Å². The maximum atomic E-state index is 11.8. The molecule has 0 saturated heterocycles. The van der Waals surface area contributed by atoms with Gasteiger partial charge in [0.2, 0.25) is 0 Å². The van der Waals surface area contributed by atoms with Crippen LogP contribution in [-0.4, -0.2) is 28.2 Å². The van der Waals surface area contributed by atoms with E-state index in [0.717, 1.165) is 12.8 Å². The molecule has 6 heteroatoms. The van der Waals surface area contributed by atoms with Crippen molar-refractivity contribution in [2.75, 3.05) is 11.9 Å². The third-order valence-electron chi connectivity index (χ3n) is 2.84. The first-order valence-corrected chi connectivity index (χ1v) is 6.77. The molecule has 2 rings (SSSR count).